The first-order chi connectivity index (χ1) is 6.13. The molecule has 1 fully saturated rings. The van der Waals surface area contributed by atoms with Gasteiger partial charge in [-0.1, -0.05) is 0 Å². The van der Waals surface area contributed by atoms with Gasteiger partial charge in [0.1, 0.15) is 0 Å². The van der Waals surface area contributed by atoms with Crippen LogP contribution in [-0.2, 0) is 4.79 Å². The SMILES string of the molecule is CC(=O)NC1CCC(CO)[C@@H](O)C1. The zero-order valence-electron chi connectivity index (χ0n) is 7.86. The monoisotopic (exact) mass is 187 g/mol. The lowest BCUT2D eigenvalue weighted by Gasteiger charge is -2.32. The van der Waals surface area contributed by atoms with Crippen LogP contribution in [0.25, 0.3) is 0 Å². The van der Waals surface area contributed by atoms with Crippen LogP contribution in [0.3, 0.4) is 0 Å². The van der Waals surface area contributed by atoms with Crippen molar-refractivity contribution >= 4 is 5.91 Å². The predicted molar refractivity (Wildman–Crippen MR) is 48.0 cm³/mol. The van der Waals surface area contributed by atoms with E-state index in [1.54, 1.807) is 0 Å². The van der Waals surface area contributed by atoms with Crippen LogP contribution in [0.15, 0.2) is 0 Å². The van der Waals surface area contributed by atoms with Gasteiger partial charge in [0.25, 0.3) is 0 Å². The molecular weight excluding hydrogens is 170 g/mol. The first-order valence-corrected chi connectivity index (χ1v) is 4.69. The number of hydrogen-bond donors (Lipinski definition) is 3. The van der Waals surface area contributed by atoms with E-state index >= 15 is 0 Å². The van der Waals surface area contributed by atoms with Crippen molar-refractivity contribution in [3.63, 3.8) is 0 Å². The van der Waals surface area contributed by atoms with Gasteiger partial charge in [-0.15, -0.1) is 0 Å². The van der Waals surface area contributed by atoms with Gasteiger partial charge in [-0.25, -0.2) is 0 Å². The second-order valence-electron chi connectivity index (χ2n) is 3.72. The summed E-state index contributed by atoms with van der Waals surface area (Å²) in [5, 5.41) is 21.2. The van der Waals surface area contributed by atoms with E-state index in [0.717, 1.165) is 12.8 Å². The summed E-state index contributed by atoms with van der Waals surface area (Å²) in [4.78, 5) is 10.7. The molecule has 0 spiro atoms. The lowest BCUT2D eigenvalue weighted by molar-refractivity contribution is -0.120. The molecule has 0 bridgehead atoms. The Morgan fingerprint density at radius 2 is 2.23 bits per heavy atom. The summed E-state index contributed by atoms with van der Waals surface area (Å²) in [5.74, 6) is -0.0651. The van der Waals surface area contributed by atoms with Crippen LogP contribution in [0.2, 0.25) is 0 Å². The molecule has 0 heterocycles. The maximum absolute atomic E-state index is 10.7. The van der Waals surface area contributed by atoms with Crippen molar-refractivity contribution in [1.82, 2.24) is 5.32 Å². The maximum atomic E-state index is 10.7. The molecule has 13 heavy (non-hydrogen) atoms. The third kappa shape index (κ3) is 2.97. The lowest BCUT2D eigenvalue weighted by atomic mass is 9.84. The molecule has 2 unspecified atom stereocenters. The molecule has 1 aliphatic carbocycles. The summed E-state index contributed by atoms with van der Waals surface area (Å²) < 4.78 is 0. The topological polar surface area (TPSA) is 69.6 Å². The number of carbonyl (C=O) groups excluding carboxylic acids is 1. The van der Waals surface area contributed by atoms with E-state index in [2.05, 4.69) is 5.32 Å². The van der Waals surface area contributed by atoms with E-state index in [-0.39, 0.29) is 24.5 Å². The minimum atomic E-state index is -0.476. The van der Waals surface area contributed by atoms with E-state index in [4.69, 9.17) is 5.11 Å². The summed E-state index contributed by atoms with van der Waals surface area (Å²) in [6.45, 7) is 1.51. The third-order valence-electron chi connectivity index (χ3n) is 2.60. The fraction of sp³-hybridized carbons (Fsp3) is 0.889. The summed E-state index contributed by atoms with van der Waals surface area (Å²) in [6, 6.07) is 0.0790. The molecule has 0 aliphatic heterocycles. The van der Waals surface area contributed by atoms with Crippen molar-refractivity contribution < 1.29 is 15.0 Å². The van der Waals surface area contributed by atoms with Gasteiger partial charge in [-0.3, -0.25) is 4.79 Å². The Labute approximate surface area is 78.0 Å². The van der Waals surface area contributed by atoms with E-state index in [0.29, 0.717) is 6.42 Å². The quantitative estimate of drug-likeness (QED) is 0.553. The molecule has 1 aliphatic rings. The summed E-state index contributed by atoms with van der Waals surface area (Å²) in [7, 11) is 0. The van der Waals surface area contributed by atoms with Gasteiger partial charge in [0.15, 0.2) is 0 Å². The van der Waals surface area contributed by atoms with Crippen LogP contribution in [0.5, 0.6) is 0 Å². The van der Waals surface area contributed by atoms with Crippen LogP contribution < -0.4 is 5.32 Å². The average Bonchev–Trinajstić information content (AvgIpc) is 2.03. The number of carbonyl (C=O) groups is 1. The highest BCUT2D eigenvalue weighted by Gasteiger charge is 2.28. The molecule has 0 aromatic rings. The molecule has 0 aromatic carbocycles. The van der Waals surface area contributed by atoms with E-state index in [9.17, 15) is 9.90 Å². The van der Waals surface area contributed by atoms with Crippen molar-refractivity contribution in [2.75, 3.05) is 6.61 Å². The zero-order chi connectivity index (χ0) is 9.84. The Hall–Kier alpha value is -0.610. The van der Waals surface area contributed by atoms with Gasteiger partial charge in [0.05, 0.1) is 6.10 Å². The van der Waals surface area contributed by atoms with Gasteiger partial charge in [0, 0.05) is 25.5 Å². The van der Waals surface area contributed by atoms with Crippen LogP contribution in [-0.4, -0.2) is 34.9 Å². The lowest BCUT2D eigenvalue weighted by Crippen LogP contribution is -2.42. The molecule has 0 radical (unpaired) electrons. The minimum Gasteiger partial charge on any atom is -0.396 e. The number of amides is 1. The fourth-order valence-corrected chi connectivity index (χ4v) is 1.84. The van der Waals surface area contributed by atoms with Crippen molar-refractivity contribution in [3.05, 3.63) is 0 Å². The summed E-state index contributed by atoms with van der Waals surface area (Å²) >= 11 is 0. The van der Waals surface area contributed by atoms with Gasteiger partial charge in [-0.05, 0) is 19.3 Å². The van der Waals surface area contributed by atoms with Gasteiger partial charge in [-0.2, -0.15) is 0 Å². The van der Waals surface area contributed by atoms with Gasteiger partial charge in [0.2, 0.25) is 5.91 Å². The van der Waals surface area contributed by atoms with Crippen molar-refractivity contribution in [1.29, 1.82) is 0 Å². The molecule has 1 saturated carbocycles. The molecule has 4 nitrogen and oxygen atoms in total. The molecule has 1 amide bonds. The zero-order valence-corrected chi connectivity index (χ0v) is 7.86. The highest BCUT2D eigenvalue weighted by Crippen LogP contribution is 2.24. The fourth-order valence-electron chi connectivity index (χ4n) is 1.84. The number of hydrogen-bond acceptors (Lipinski definition) is 3. The van der Waals surface area contributed by atoms with E-state index < -0.39 is 6.10 Å². The Morgan fingerprint density at radius 3 is 2.69 bits per heavy atom. The van der Waals surface area contributed by atoms with Crippen LogP contribution in [0.1, 0.15) is 26.2 Å². The van der Waals surface area contributed by atoms with Gasteiger partial charge >= 0.3 is 0 Å². The van der Waals surface area contributed by atoms with Crippen molar-refractivity contribution in [2.24, 2.45) is 5.92 Å². The smallest absolute Gasteiger partial charge is 0.217 e. The first-order valence-electron chi connectivity index (χ1n) is 4.69. The molecule has 0 saturated heterocycles. The molecule has 3 atom stereocenters. The van der Waals surface area contributed by atoms with Crippen molar-refractivity contribution in [2.45, 2.75) is 38.3 Å². The normalized spacial score (nSPS) is 34.2. The molecule has 4 heteroatoms. The molecule has 0 aromatic heterocycles. The van der Waals surface area contributed by atoms with Crippen LogP contribution >= 0.6 is 0 Å². The van der Waals surface area contributed by atoms with Crippen molar-refractivity contribution in [3.8, 4) is 0 Å². The third-order valence-corrected chi connectivity index (χ3v) is 2.60. The van der Waals surface area contributed by atoms with Gasteiger partial charge < -0.3 is 15.5 Å². The number of aliphatic hydroxyl groups is 2. The maximum Gasteiger partial charge on any atom is 0.217 e. The highest BCUT2D eigenvalue weighted by atomic mass is 16.3. The minimum absolute atomic E-state index is 0.00925. The summed E-state index contributed by atoms with van der Waals surface area (Å²) in [5.41, 5.74) is 0. The molecule has 3 N–H and O–H groups in total. The summed E-state index contributed by atoms with van der Waals surface area (Å²) in [6.07, 6.45) is 1.71. The number of aliphatic hydroxyl groups excluding tert-OH is 2. The first kappa shape index (κ1) is 10.5. The molecule has 76 valence electrons. The second kappa shape index (κ2) is 4.58. The standard InChI is InChI=1S/C9H17NO3/c1-6(12)10-8-3-2-7(5-11)9(13)4-8/h7-9,11,13H,2-5H2,1H3,(H,10,12)/t7?,8?,9-/m0/s1. The molecular formula is C9H17NO3. The Bertz CT molecular complexity index is 184. The predicted octanol–water partition coefficient (Wildman–Crippen LogP) is -0.356. The molecule has 1 rings (SSSR count). The van der Waals surface area contributed by atoms with E-state index in [1.165, 1.54) is 6.92 Å². The average molecular weight is 187 g/mol. The Balaban J connectivity index is 2.36. The highest BCUT2D eigenvalue weighted by molar-refractivity contribution is 5.73. The number of nitrogens with one attached hydrogen (secondary N) is 1. The second-order valence-corrected chi connectivity index (χ2v) is 3.72. The Morgan fingerprint density at radius 1 is 1.54 bits per heavy atom. The van der Waals surface area contributed by atoms with Crippen LogP contribution in [0.4, 0.5) is 0 Å². The Kier molecular flexibility index (Phi) is 3.69. The van der Waals surface area contributed by atoms with Crippen LogP contribution in [0, 0.1) is 5.92 Å². The number of rotatable bonds is 2. The van der Waals surface area contributed by atoms with E-state index in [1.807, 2.05) is 0 Å². The largest absolute Gasteiger partial charge is 0.396 e.